The van der Waals surface area contributed by atoms with Crippen molar-refractivity contribution >= 4 is 16.6 Å². The minimum absolute atomic E-state index is 0.0936. The molecule has 0 aliphatic heterocycles. The molecule has 0 radical (unpaired) electrons. The number of benzene rings is 2. The van der Waals surface area contributed by atoms with Crippen molar-refractivity contribution in [3.8, 4) is 5.75 Å². The van der Waals surface area contributed by atoms with E-state index in [0.717, 1.165) is 36.8 Å². The molecule has 3 aliphatic carbocycles. The van der Waals surface area contributed by atoms with E-state index < -0.39 is 0 Å². The number of ketones is 1. The fourth-order valence-electron chi connectivity index (χ4n) is 5.12. The van der Waals surface area contributed by atoms with Crippen molar-refractivity contribution in [2.24, 2.45) is 11.3 Å². The van der Waals surface area contributed by atoms with Crippen molar-refractivity contribution in [3.05, 3.63) is 53.1 Å². The number of fused-ring (bicyclic) bond motifs is 5. The summed E-state index contributed by atoms with van der Waals surface area (Å²) in [7, 11) is 1.71. The number of rotatable bonds is 1. The number of carbonyl (C=O) groups is 1. The fraction of sp³-hybridized carbons (Fsp3) is 0.381. The smallest absolute Gasteiger partial charge is 0.144 e. The van der Waals surface area contributed by atoms with Crippen molar-refractivity contribution in [2.45, 2.75) is 32.1 Å². The summed E-state index contributed by atoms with van der Waals surface area (Å²) in [5, 5.41) is 2.34. The van der Waals surface area contributed by atoms with Gasteiger partial charge < -0.3 is 4.74 Å². The molecule has 23 heavy (non-hydrogen) atoms. The van der Waals surface area contributed by atoms with Crippen molar-refractivity contribution in [1.29, 1.82) is 0 Å². The molecule has 0 aromatic heterocycles. The van der Waals surface area contributed by atoms with Crippen LogP contribution in [0.4, 0.5) is 0 Å². The second kappa shape index (κ2) is 4.47. The molecule has 1 fully saturated rings. The largest absolute Gasteiger partial charge is 0.496 e. The highest BCUT2D eigenvalue weighted by Crippen LogP contribution is 2.57. The van der Waals surface area contributed by atoms with Gasteiger partial charge in [0.1, 0.15) is 11.5 Å². The molecule has 116 valence electrons. The average molecular weight is 304 g/mol. The van der Waals surface area contributed by atoms with Crippen LogP contribution in [0.2, 0.25) is 0 Å². The first kappa shape index (κ1) is 13.4. The maximum Gasteiger partial charge on any atom is 0.144 e. The van der Waals surface area contributed by atoms with E-state index in [4.69, 9.17) is 4.74 Å². The van der Waals surface area contributed by atoms with Crippen molar-refractivity contribution in [1.82, 2.24) is 0 Å². The van der Waals surface area contributed by atoms with Crippen molar-refractivity contribution < 1.29 is 9.53 Å². The molecule has 5 rings (SSSR count). The molecule has 0 amide bonds. The van der Waals surface area contributed by atoms with Gasteiger partial charge in [0.15, 0.2) is 0 Å². The molecule has 2 bridgehead atoms. The third-order valence-corrected chi connectivity index (χ3v) is 6.32. The third-order valence-electron chi connectivity index (χ3n) is 6.32. The summed E-state index contributed by atoms with van der Waals surface area (Å²) in [5.74, 6) is 1.91. The highest BCUT2D eigenvalue weighted by molar-refractivity contribution is 5.95. The zero-order chi connectivity index (χ0) is 15.6. The van der Waals surface area contributed by atoms with Gasteiger partial charge in [0.05, 0.1) is 7.11 Å². The Labute approximate surface area is 136 Å². The van der Waals surface area contributed by atoms with Gasteiger partial charge in [-0.25, -0.2) is 0 Å². The molecular weight excluding hydrogens is 284 g/mol. The standard InChI is InChI=1S/C21H20O2/c1-23-19-4-2-3-14-8-16-12-21(11-13-5-6-17(21)7-13)20(22)10-15(16)9-18(14)19/h2-5,8-9,17H,6-7,10-12H2,1H3. The van der Waals surface area contributed by atoms with Crippen LogP contribution in [0.3, 0.4) is 0 Å². The van der Waals surface area contributed by atoms with Crippen LogP contribution in [-0.4, -0.2) is 12.9 Å². The monoisotopic (exact) mass is 304 g/mol. The maximum atomic E-state index is 13.0. The Morgan fingerprint density at radius 3 is 2.83 bits per heavy atom. The second-order valence-corrected chi connectivity index (χ2v) is 7.41. The number of hydrogen-bond acceptors (Lipinski definition) is 2. The first-order valence-electron chi connectivity index (χ1n) is 8.49. The van der Waals surface area contributed by atoms with Gasteiger partial charge in [0.2, 0.25) is 0 Å². The molecule has 1 saturated carbocycles. The molecule has 2 unspecified atom stereocenters. The van der Waals surface area contributed by atoms with E-state index >= 15 is 0 Å². The van der Waals surface area contributed by atoms with Crippen LogP contribution in [0, 0.1) is 11.3 Å². The fourth-order valence-corrected chi connectivity index (χ4v) is 5.12. The minimum Gasteiger partial charge on any atom is -0.496 e. The quantitative estimate of drug-likeness (QED) is 0.737. The zero-order valence-electron chi connectivity index (χ0n) is 13.4. The summed E-state index contributed by atoms with van der Waals surface area (Å²) < 4.78 is 5.49. The van der Waals surface area contributed by atoms with Crippen molar-refractivity contribution in [2.75, 3.05) is 7.11 Å². The minimum atomic E-state index is -0.0936. The molecular formula is C21H20O2. The predicted octanol–water partition coefficient (Wildman–Crippen LogP) is 4.24. The van der Waals surface area contributed by atoms with Crippen LogP contribution in [0.25, 0.3) is 10.8 Å². The lowest BCUT2D eigenvalue weighted by molar-refractivity contribution is -0.131. The topological polar surface area (TPSA) is 26.3 Å². The molecule has 2 atom stereocenters. The first-order valence-corrected chi connectivity index (χ1v) is 8.49. The molecule has 3 aliphatic rings. The van der Waals surface area contributed by atoms with E-state index in [2.05, 4.69) is 24.3 Å². The first-order chi connectivity index (χ1) is 11.2. The van der Waals surface area contributed by atoms with E-state index in [9.17, 15) is 4.79 Å². The predicted molar refractivity (Wildman–Crippen MR) is 90.8 cm³/mol. The summed E-state index contributed by atoms with van der Waals surface area (Å²) in [6.07, 6.45) is 7.15. The average Bonchev–Trinajstić information content (AvgIpc) is 3.15. The molecule has 0 saturated heterocycles. The van der Waals surface area contributed by atoms with Gasteiger partial charge in [-0.15, -0.1) is 0 Å². The normalized spacial score (nSPS) is 28.3. The number of allylic oxidation sites excluding steroid dienone is 2. The van der Waals surface area contributed by atoms with E-state index in [1.54, 1.807) is 7.11 Å². The SMILES string of the molecule is COc1cccc2cc3c(cc12)CC(=O)C1(CC2=CCC1C2)C3. The Balaban J connectivity index is 1.65. The van der Waals surface area contributed by atoms with Crippen molar-refractivity contribution in [3.63, 3.8) is 0 Å². The van der Waals surface area contributed by atoms with Crippen LogP contribution in [0.5, 0.6) is 5.75 Å². The van der Waals surface area contributed by atoms with Gasteiger partial charge >= 0.3 is 0 Å². The van der Waals surface area contributed by atoms with E-state index in [1.165, 1.54) is 22.1 Å². The summed E-state index contributed by atoms with van der Waals surface area (Å²) in [4.78, 5) is 13.0. The molecule has 2 nitrogen and oxygen atoms in total. The Hall–Kier alpha value is -2.09. The van der Waals surface area contributed by atoms with Crippen LogP contribution in [-0.2, 0) is 17.6 Å². The maximum absolute atomic E-state index is 13.0. The van der Waals surface area contributed by atoms with E-state index in [0.29, 0.717) is 18.1 Å². The van der Waals surface area contributed by atoms with E-state index in [1.807, 2.05) is 12.1 Å². The van der Waals surface area contributed by atoms with Gasteiger partial charge in [-0.3, -0.25) is 4.79 Å². The highest BCUT2D eigenvalue weighted by Gasteiger charge is 2.53. The lowest BCUT2D eigenvalue weighted by Crippen LogP contribution is -2.42. The Morgan fingerprint density at radius 2 is 2.09 bits per heavy atom. The lowest BCUT2D eigenvalue weighted by atomic mass is 9.63. The molecule has 0 N–H and O–H groups in total. The van der Waals surface area contributed by atoms with E-state index in [-0.39, 0.29) is 5.41 Å². The van der Waals surface area contributed by atoms with Gasteiger partial charge in [-0.1, -0.05) is 29.8 Å². The Bertz CT molecular complexity index is 877. The summed E-state index contributed by atoms with van der Waals surface area (Å²) >= 11 is 0. The molecule has 0 heterocycles. The molecule has 1 spiro atoms. The number of hydrogen-bond donors (Lipinski definition) is 0. The number of carbonyl (C=O) groups excluding carboxylic acids is 1. The van der Waals surface area contributed by atoms with Gasteiger partial charge in [-0.05, 0) is 60.2 Å². The summed E-state index contributed by atoms with van der Waals surface area (Å²) in [6, 6.07) is 10.6. The lowest BCUT2D eigenvalue weighted by Gasteiger charge is -2.39. The molecule has 2 aromatic carbocycles. The van der Waals surface area contributed by atoms with Crippen LogP contribution < -0.4 is 4.74 Å². The van der Waals surface area contributed by atoms with Crippen LogP contribution in [0.15, 0.2) is 42.0 Å². The molecule has 2 heteroatoms. The highest BCUT2D eigenvalue weighted by atomic mass is 16.5. The zero-order valence-corrected chi connectivity index (χ0v) is 13.4. The summed E-state index contributed by atoms with van der Waals surface area (Å²) in [5.41, 5.74) is 4.01. The molecule has 2 aromatic rings. The second-order valence-electron chi connectivity index (χ2n) is 7.41. The number of methoxy groups -OCH3 is 1. The number of Topliss-reactive ketones (excluding diaryl/α,β-unsaturated/α-hetero) is 1. The van der Waals surface area contributed by atoms with Gasteiger partial charge in [0, 0.05) is 17.2 Å². The van der Waals surface area contributed by atoms with Gasteiger partial charge in [0.25, 0.3) is 0 Å². The van der Waals surface area contributed by atoms with Gasteiger partial charge in [-0.2, -0.15) is 0 Å². The van der Waals surface area contributed by atoms with Crippen LogP contribution in [0.1, 0.15) is 30.4 Å². The number of ether oxygens (including phenoxy) is 1. The third kappa shape index (κ3) is 1.72. The summed E-state index contributed by atoms with van der Waals surface area (Å²) in [6.45, 7) is 0. The Morgan fingerprint density at radius 1 is 1.17 bits per heavy atom. The Kier molecular flexibility index (Phi) is 2.60. The van der Waals surface area contributed by atoms with Crippen LogP contribution >= 0.6 is 0 Å².